The average molecular weight is 311 g/mol. The molecule has 0 spiro atoms. The second-order valence-electron chi connectivity index (χ2n) is 5.21. The molecule has 0 aromatic carbocycles. The van der Waals surface area contributed by atoms with E-state index in [1.165, 1.54) is 25.7 Å². The zero-order valence-corrected chi connectivity index (χ0v) is 14.1. The summed E-state index contributed by atoms with van der Waals surface area (Å²) in [5.74, 6) is 1.54. The molecule has 0 aliphatic heterocycles. The summed E-state index contributed by atoms with van der Waals surface area (Å²) in [6.45, 7) is 6.14. The molecule has 2 N–H and O–H groups in total. The van der Waals surface area contributed by atoms with Crippen LogP contribution in [0.25, 0.3) is 0 Å². The van der Waals surface area contributed by atoms with Crippen molar-refractivity contribution >= 4 is 17.6 Å². The first-order chi connectivity index (χ1) is 10.2. The van der Waals surface area contributed by atoms with E-state index in [4.69, 9.17) is 11.6 Å². The van der Waals surface area contributed by atoms with Gasteiger partial charge >= 0.3 is 0 Å². The van der Waals surface area contributed by atoms with Gasteiger partial charge in [0.2, 0.25) is 0 Å². The van der Waals surface area contributed by atoms with Crippen molar-refractivity contribution < 1.29 is 0 Å². The molecule has 0 saturated heterocycles. The van der Waals surface area contributed by atoms with Gasteiger partial charge in [-0.25, -0.2) is 4.98 Å². The number of halogens is 1. The molecule has 0 bridgehead atoms. The predicted octanol–water partition coefficient (Wildman–Crippen LogP) is 3.62. The number of unbranched alkanes of at least 4 members (excludes halogenated alkanes) is 1. The molecule has 1 unspecified atom stereocenters. The molecule has 0 aliphatic carbocycles. The van der Waals surface area contributed by atoms with Crippen molar-refractivity contribution in [3.05, 3.63) is 29.0 Å². The number of aliphatic imine (C=N–C) groups is 1. The topological polar surface area (TPSA) is 49.3 Å². The fraction of sp³-hybridized carbons (Fsp3) is 0.625. The lowest BCUT2D eigenvalue weighted by Crippen LogP contribution is -2.39. The molecule has 1 aromatic rings. The van der Waals surface area contributed by atoms with Crippen LogP contribution in [0.3, 0.4) is 0 Å². The van der Waals surface area contributed by atoms with Crippen LogP contribution >= 0.6 is 11.6 Å². The van der Waals surface area contributed by atoms with E-state index in [2.05, 4.69) is 34.5 Å². The van der Waals surface area contributed by atoms with E-state index in [1.807, 2.05) is 6.07 Å². The SMILES string of the molecule is CCCCC(CC)CNC(=NC)NCc1ccc(Cl)nc1. The Balaban J connectivity index is 2.36. The molecule has 0 aliphatic rings. The Bertz CT molecular complexity index is 417. The molecular weight excluding hydrogens is 284 g/mol. The van der Waals surface area contributed by atoms with Gasteiger partial charge in [0, 0.05) is 26.3 Å². The third kappa shape index (κ3) is 7.32. The fourth-order valence-corrected chi connectivity index (χ4v) is 2.21. The van der Waals surface area contributed by atoms with Gasteiger partial charge in [-0.05, 0) is 24.0 Å². The third-order valence-corrected chi connectivity index (χ3v) is 3.80. The Hall–Kier alpha value is -1.29. The smallest absolute Gasteiger partial charge is 0.191 e. The van der Waals surface area contributed by atoms with E-state index >= 15 is 0 Å². The maximum Gasteiger partial charge on any atom is 0.191 e. The number of rotatable bonds is 8. The quantitative estimate of drug-likeness (QED) is 0.438. The number of guanidine groups is 1. The van der Waals surface area contributed by atoms with E-state index in [9.17, 15) is 0 Å². The van der Waals surface area contributed by atoms with Crippen molar-refractivity contribution in [2.24, 2.45) is 10.9 Å². The van der Waals surface area contributed by atoms with Gasteiger partial charge in [-0.1, -0.05) is 50.8 Å². The largest absolute Gasteiger partial charge is 0.356 e. The van der Waals surface area contributed by atoms with Crippen LogP contribution in [0.2, 0.25) is 5.15 Å². The Labute approximate surface area is 133 Å². The molecule has 0 radical (unpaired) electrons. The molecule has 0 fully saturated rings. The third-order valence-electron chi connectivity index (χ3n) is 3.57. The summed E-state index contributed by atoms with van der Waals surface area (Å²) in [6, 6.07) is 3.76. The predicted molar refractivity (Wildman–Crippen MR) is 90.8 cm³/mol. The average Bonchev–Trinajstić information content (AvgIpc) is 2.52. The number of pyridine rings is 1. The molecule has 1 aromatic heterocycles. The first kappa shape index (κ1) is 17.8. The minimum absolute atomic E-state index is 0.517. The molecule has 4 nitrogen and oxygen atoms in total. The summed E-state index contributed by atoms with van der Waals surface area (Å²) in [4.78, 5) is 8.32. The van der Waals surface area contributed by atoms with Crippen molar-refractivity contribution in [2.45, 2.75) is 46.1 Å². The van der Waals surface area contributed by atoms with Crippen molar-refractivity contribution in [2.75, 3.05) is 13.6 Å². The minimum Gasteiger partial charge on any atom is -0.356 e. The van der Waals surface area contributed by atoms with Crippen LogP contribution in [-0.4, -0.2) is 24.5 Å². The number of nitrogens with one attached hydrogen (secondary N) is 2. The Morgan fingerprint density at radius 3 is 2.71 bits per heavy atom. The highest BCUT2D eigenvalue weighted by Crippen LogP contribution is 2.11. The van der Waals surface area contributed by atoms with Crippen LogP contribution in [0, 0.1) is 5.92 Å². The van der Waals surface area contributed by atoms with Gasteiger partial charge in [-0.15, -0.1) is 0 Å². The number of aromatic nitrogens is 1. The summed E-state index contributed by atoms with van der Waals surface area (Å²) in [5.41, 5.74) is 1.08. The van der Waals surface area contributed by atoms with Gasteiger partial charge in [0.25, 0.3) is 0 Å². The summed E-state index contributed by atoms with van der Waals surface area (Å²) in [6.07, 6.45) is 6.80. The minimum atomic E-state index is 0.517. The Morgan fingerprint density at radius 1 is 1.33 bits per heavy atom. The van der Waals surface area contributed by atoms with Crippen LogP contribution in [0.1, 0.15) is 45.1 Å². The number of hydrogen-bond donors (Lipinski definition) is 2. The van der Waals surface area contributed by atoms with E-state index in [-0.39, 0.29) is 0 Å². The highest BCUT2D eigenvalue weighted by molar-refractivity contribution is 6.29. The standard InChI is InChI=1S/C16H27ClN4/c1-4-6-7-13(5-2)10-20-16(18-3)21-12-14-8-9-15(17)19-11-14/h8-9,11,13H,4-7,10,12H2,1-3H3,(H2,18,20,21). The molecule has 5 heteroatoms. The van der Waals surface area contributed by atoms with Gasteiger partial charge in [0.15, 0.2) is 5.96 Å². The Kier molecular flexibility index (Phi) is 8.83. The van der Waals surface area contributed by atoms with Crippen molar-refractivity contribution in [3.8, 4) is 0 Å². The number of hydrogen-bond acceptors (Lipinski definition) is 2. The zero-order chi connectivity index (χ0) is 15.5. The Morgan fingerprint density at radius 2 is 2.14 bits per heavy atom. The lowest BCUT2D eigenvalue weighted by atomic mass is 9.99. The van der Waals surface area contributed by atoms with E-state index in [0.29, 0.717) is 17.6 Å². The number of nitrogens with zero attached hydrogens (tertiary/aromatic N) is 2. The molecule has 1 atom stereocenters. The van der Waals surface area contributed by atoms with Crippen LogP contribution in [0.15, 0.2) is 23.3 Å². The molecule has 0 amide bonds. The second kappa shape index (κ2) is 10.4. The molecule has 0 saturated carbocycles. The summed E-state index contributed by atoms with van der Waals surface area (Å²) < 4.78 is 0. The van der Waals surface area contributed by atoms with Crippen LogP contribution in [0.4, 0.5) is 0 Å². The van der Waals surface area contributed by atoms with Gasteiger partial charge in [0.05, 0.1) is 0 Å². The molecule has 118 valence electrons. The van der Waals surface area contributed by atoms with Gasteiger partial charge in [-0.2, -0.15) is 0 Å². The summed E-state index contributed by atoms with van der Waals surface area (Å²) >= 11 is 5.78. The summed E-state index contributed by atoms with van der Waals surface area (Å²) in [7, 11) is 1.79. The first-order valence-electron chi connectivity index (χ1n) is 7.74. The van der Waals surface area contributed by atoms with E-state index < -0.39 is 0 Å². The second-order valence-corrected chi connectivity index (χ2v) is 5.60. The molecule has 21 heavy (non-hydrogen) atoms. The summed E-state index contributed by atoms with van der Waals surface area (Å²) in [5, 5.41) is 7.22. The molecule has 1 rings (SSSR count). The van der Waals surface area contributed by atoms with Gasteiger partial charge in [-0.3, -0.25) is 4.99 Å². The first-order valence-corrected chi connectivity index (χ1v) is 8.12. The van der Waals surface area contributed by atoms with Crippen LogP contribution < -0.4 is 10.6 Å². The van der Waals surface area contributed by atoms with Crippen molar-refractivity contribution in [3.63, 3.8) is 0 Å². The highest BCUT2D eigenvalue weighted by atomic mass is 35.5. The fourth-order valence-electron chi connectivity index (χ4n) is 2.10. The van der Waals surface area contributed by atoms with Gasteiger partial charge in [0.1, 0.15) is 5.15 Å². The van der Waals surface area contributed by atoms with Crippen LogP contribution in [-0.2, 0) is 6.54 Å². The van der Waals surface area contributed by atoms with Crippen molar-refractivity contribution in [1.82, 2.24) is 15.6 Å². The van der Waals surface area contributed by atoms with E-state index in [0.717, 1.165) is 18.1 Å². The molecule has 1 heterocycles. The zero-order valence-electron chi connectivity index (χ0n) is 13.3. The lowest BCUT2D eigenvalue weighted by Gasteiger charge is -2.18. The van der Waals surface area contributed by atoms with Crippen LogP contribution in [0.5, 0.6) is 0 Å². The van der Waals surface area contributed by atoms with Gasteiger partial charge < -0.3 is 10.6 Å². The maximum absolute atomic E-state index is 5.78. The van der Waals surface area contributed by atoms with Crippen molar-refractivity contribution in [1.29, 1.82) is 0 Å². The monoisotopic (exact) mass is 310 g/mol. The highest BCUT2D eigenvalue weighted by Gasteiger charge is 2.07. The van der Waals surface area contributed by atoms with E-state index in [1.54, 1.807) is 19.3 Å². The maximum atomic E-state index is 5.78. The lowest BCUT2D eigenvalue weighted by molar-refractivity contribution is 0.443. The molecular formula is C16H27ClN4. The normalized spacial score (nSPS) is 13.0.